The van der Waals surface area contributed by atoms with Crippen molar-refractivity contribution < 1.29 is 9.53 Å². The molecule has 1 aromatic heterocycles. The van der Waals surface area contributed by atoms with Gasteiger partial charge in [-0.2, -0.15) is 5.26 Å². The molecule has 96 valence electrons. The Hall–Kier alpha value is -2.32. The summed E-state index contributed by atoms with van der Waals surface area (Å²) in [6, 6.07) is 12.9. The third-order valence-electron chi connectivity index (χ3n) is 2.34. The fourth-order valence-electron chi connectivity index (χ4n) is 1.46. The summed E-state index contributed by atoms with van der Waals surface area (Å²) in [6.07, 6.45) is -0.142. The molecule has 0 unspecified atom stereocenters. The van der Waals surface area contributed by atoms with Crippen LogP contribution in [0.15, 0.2) is 41.8 Å². The predicted octanol–water partition coefficient (Wildman–Crippen LogP) is 3.18. The van der Waals surface area contributed by atoms with Gasteiger partial charge in [0.2, 0.25) is 5.91 Å². The number of carbonyl (C=O) groups excluding carboxylic acids is 1. The molecule has 1 N–H and O–H groups in total. The van der Waals surface area contributed by atoms with Crippen LogP contribution in [0.25, 0.3) is 0 Å². The molecule has 0 atom stereocenters. The molecule has 0 aliphatic carbocycles. The molecule has 0 fully saturated rings. The van der Waals surface area contributed by atoms with E-state index in [-0.39, 0.29) is 12.3 Å². The van der Waals surface area contributed by atoms with Crippen molar-refractivity contribution >= 4 is 22.9 Å². The van der Waals surface area contributed by atoms with E-state index in [0.717, 1.165) is 10.6 Å². The van der Waals surface area contributed by atoms with E-state index in [9.17, 15) is 4.79 Å². The average Bonchev–Trinajstić information content (AvgIpc) is 2.91. The SMILES string of the molecule is N#CCC(=O)Nc1ccc(OCc2cccs2)cc1. The van der Waals surface area contributed by atoms with E-state index in [1.165, 1.54) is 0 Å². The zero-order chi connectivity index (χ0) is 13.5. The minimum absolute atomic E-state index is 0.142. The van der Waals surface area contributed by atoms with Crippen LogP contribution in [0, 0.1) is 11.3 Å². The van der Waals surface area contributed by atoms with Crippen molar-refractivity contribution in [3.63, 3.8) is 0 Å². The summed E-state index contributed by atoms with van der Waals surface area (Å²) in [4.78, 5) is 12.4. The second-order valence-corrected chi connectivity index (χ2v) is 4.81. The third-order valence-corrected chi connectivity index (χ3v) is 3.19. The van der Waals surface area contributed by atoms with Crippen molar-refractivity contribution in [2.45, 2.75) is 13.0 Å². The molecule has 2 rings (SSSR count). The lowest BCUT2D eigenvalue weighted by atomic mass is 10.3. The van der Waals surface area contributed by atoms with Crippen molar-refractivity contribution in [3.8, 4) is 11.8 Å². The summed E-state index contributed by atoms with van der Waals surface area (Å²) in [5.74, 6) is 0.432. The van der Waals surface area contributed by atoms with E-state index in [0.29, 0.717) is 12.3 Å². The van der Waals surface area contributed by atoms with Gasteiger partial charge in [0.1, 0.15) is 18.8 Å². The molecule has 0 spiro atoms. The number of anilines is 1. The Labute approximate surface area is 115 Å². The Morgan fingerprint density at radius 2 is 2.11 bits per heavy atom. The lowest BCUT2D eigenvalue weighted by Crippen LogP contribution is -2.09. The molecular weight excluding hydrogens is 260 g/mol. The number of nitriles is 1. The lowest BCUT2D eigenvalue weighted by Gasteiger charge is -2.06. The van der Waals surface area contributed by atoms with Crippen molar-refractivity contribution in [3.05, 3.63) is 46.7 Å². The van der Waals surface area contributed by atoms with Gasteiger partial charge in [-0.3, -0.25) is 4.79 Å². The van der Waals surface area contributed by atoms with Crippen LogP contribution in [-0.2, 0) is 11.4 Å². The van der Waals surface area contributed by atoms with Gasteiger partial charge in [-0.15, -0.1) is 11.3 Å². The first-order valence-electron chi connectivity index (χ1n) is 5.70. The molecular formula is C14H12N2O2S. The second-order valence-electron chi connectivity index (χ2n) is 3.78. The molecule has 0 radical (unpaired) electrons. The summed E-state index contributed by atoms with van der Waals surface area (Å²) in [6.45, 7) is 0.539. The quantitative estimate of drug-likeness (QED) is 0.909. The van der Waals surface area contributed by atoms with Gasteiger partial charge < -0.3 is 10.1 Å². The van der Waals surface area contributed by atoms with Gasteiger partial charge in [0.15, 0.2) is 0 Å². The molecule has 1 heterocycles. The highest BCUT2D eigenvalue weighted by molar-refractivity contribution is 7.09. The van der Waals surface area contributed by atoms with Crippen LogP contribution in [0.4, 0.5) is 5.69 Å². The van der Waals surface area contributed by atoms with Crippen molar-refractivity contribution in [2.75, 3.05) is 5.32 Å². The van der Waals surface area contributed by atoms with Crippen molar-refractivity contribution in [1.29, 1.82) is 5.26 Å². The van der Waals surface area contributed by atoms with Crippen LogP contribution in [0.3, 0.4) is 0 Å². The highest BCUT2D eigenvalue weighted by Crippen LogP contribution is 2.18. The largest absolute Gasteiger partial charge is 0.488 e. The first kappa shape index (κ1) is 13.1. The fourth-order valence-corrected chi connectivity index (χ4v) is 2.08. The molecule has 4 nitrogen and oxygen atoms in total. The smallest absolute Gasteiger partial charge is 0.238 e. The van der Waals surface area contributed by atoms with Crippen LogP contribution >= 0.6 is 11.3 Å². The zero-order valence-corrected chi connectivity index (χ0v) is 10.9. The maximum atomic E-state index is 11.2. The summed E-state index contributed by atoms with van der Waals surface area (Å²) in [5.41, 5.74) is 0.656. The number of nitrogens with one attached hydrogen (secondary N) is 1. The number of amides is 1. The zero-order valence-electron chi connectivity index (χ0n) is 10.1. The van der Waals surface area contributed by atoms with E-state index in [1.54, 1.807) is 41.7 Å². The standard InChI is InChI=1S/C14H12N2O2S/c15-8-7-14(17)16-11-3-5-12(6-4-11)18-10-13-2-1-9-19-13/h1-6,9H,7,10H2,(H,16,17). The van der Waals surface area contributed by atoms with E-state index < -0.39 is 0 Å². The molecule has 0 saturated heterocycles. The predicted molar refractivity (Wildman–Crippen MR) is 74.0 cm³/mol. The Balaban J connectivity index is 1.88. The second kappa shape index (κ2) is 6.57. The number of carbonyl (C=O) groups is 1. The maximum Gasteiger partial charge on any atom is 0.238 e. The van der Waals surface area contributed by atoms with Crippen LogP contribution < -0.4 is 10.1 Å². The first-order valence-corrected chi connectivity index (χ1v) is 6.58. The Morgan fingerprint density at radius 3 is 2.74 bits per heavy atom. The molecule has 0 aliphatic heterocycles. The van der Waals surface area contributed by atoms with Crippen LogP contribution in [0.5, 0.6) is 5.75 Å². The lowest BCUT2D eigenvalue weighted by molar-refractivity contribution is -0.115. The van der Waals surface area contributed by atoms with Crippen LogP contribution in [0.1, 0.15) is 11.3 Å². The molecule has 2 aromatic rings. The molecule has 1 aromatic carbocycles. The summed E-state index contributed by atoms with van der Waals surface area (Å²) < 4.78 is 5.60. The van der Waals surface area contributed by atoms with Crippen molar-refractivity contribution in [2.24, 2.45) is 0 Å². The minimum Gasteiger partial charge on any atom is -0.488 e. The Kier molecular flexibility index (Phi) is 4.54. The Morgan fingerprint density at radius 1 is 1.32 bits per heavy atom. The van der Waals surface area contributed by atoms with E-state index in [1.807, 2.05) is 17.5 Å². The van der Waals surface area contributed by atoms with Gasteiger partial charge in [-0.1, -0.05) is 6.07 Å². The number of ether oxygens (including phenoxy) is 1. The molecule has 0 saturated carbocycles. The molecule has 5 heteroatoms. The van der Waals surface area contributed by atoms with Gasteiger partial charge in [0.05, 0.1) is 6.07 Å². The minimum atomic E-state index is -0.310. The number of nitrogens with zero attached hydrogens (tertiary/aromatic N) is 1. The Bertz CT molecular complexity index is 570. The normalized spacial score (nSPS) is 9.63. The highest BCUT2D eigenvalue weighted by Gasteiger charge is 2.01. The first-order chi connectivity index (χ1) is 9.28. The summed E-state index contributed by atoms with van der Waals surface area (Å²) in [5, 5.41) is 13.0. The summed E-state index contributed by atoms with van der Waals surface area (Å²) in [7, 11) is 0. The number of rotatable bonds is 5. The molecule has 0 aliphatic rings. The van der Waals surface area contributed by atoms with E-state index in [4.69, 9.17) is 10.00 Å². The van der Waals surface area contributed by atoms with Crippen molar-refractivity contribution in [1.82, 2.24) is 0 Å². The van der Waals surface area contributed by atoms with Gasteiger partial charge >= 0.3 is 0 Å². The van der Waals surface area contributed by atoms with Gasteiger partial charge in [-0.05, 0) is 35.7 Å². The number of hydrogen-bond donors (Lipinski definition) is 1. The fraction of sp³-hybridized carbons (Fsp3) is 0.143. The maximum absolute atomic E-state index is 11.2. The third kappa shape index (κ3) is 4.12. The number of hydrogen-bond acceptors (Lipinski definition) is 4. The number of thiophene rings is 1. The van der Waals surface area contributed by atoms with Crippen LogP contribution in [-0.4, -0.2) is 5.91 Å². The van der Waals surface area contributed by atoms with Gasteiger partial charge in [0, 0.05) is 10.6 Å². The molecule has 0 bridgehead atoms. The summed E-state index contributed by atoms with van der Waals surface area (Å²) >= 11 is 1.65. The van der Waals surface area contributed by atoms with Crippen LogP contribution in [0.2, 0.25) is 0 Å². The monoisotopic (exact) mass is 272 g/mol. The topological polar surface area (TPSA) is 62.1 Å². The molecule has 19 heavy (non-hydrogen) atoms. The van der Waals surface area contributed by atoms with Gasteiger partial charge in [0.25, 0.3) is 0 Å². The molecule has 1 amide bonds. The number of benzene rings is 1. The highest BCUT2D eigenvalue weighted by atomic mass is 32.1. The van der Waals surface area contributed by atoms with E-state index >= 15 is 0 Å². The van der Waals surface area contributed by atoms with Gasteiger partial charge in [-0.25, -0.2) is 0 Å². The van der Waals surface area contributed by atoms with E-state index in [2.05, 4.69) is 5.32 Å². The average molecular weight is 272 g/mol.